The zero-order chi connectivity index (χ0) is 21.5. The van der Waals surface area contributed by atoms with Gasteiger partial charge in [-0.1, -0.05) is 6.07 Å². The molecule has 0 unspecified atom stereocenters. The van der Waals surface area contributed by atoms with Gasteiger partial charge in [0.1, 0.15) is 15.5 Å². The van der Waals surface area contributed by atoms with Gasteiger partial charge in [0.15, 0.2) is 11.5 Å². The van der Waals surface area contributed by atoms with Gasteiger partial charge < -0.3 is 14.5 Å². The second-order valence-corrected chi connectivity index (χ2v) is 10.0. The molecule has 0 radical (unpaired) electrons. The summed E-state index contributed by atoms with van der Waals surface area (Å²) in [6.07, 6.45) is 4.20. The zero-order valence-electron chi connectivity index (χ0n) is 16.5. The quantitative estimate of drug-likeness (QED) is 0.282. The van der Waals surface area contributed by atoms with E-state index in [1.807, 2.05) is 5.38 Å². The summed E-state index contributed by atoms with van der Waals surface area (Å²) in [4.78, 5) is 35.5. The van der Waals surface area contributed by atoms with Crippen LogP contribution < -0.4 is 15.0 Å². The topological polar surface area (TPSA) is 81.3 Å². The normalized spacial score (nSPS) is 13.2. The van der Waals surface area contributed by atoms with Crippen molar-refractivity contribution >= 4 is 54.8 Å². The molecule has 31 heavy (non-hydrogen) atoms. The molecular weight excluding hydrogens is 500 g/mol. The molecule has 158 valence electrons. The Hall–Kier alpha value is -2.49. The van der Waals surface area contributed by atoms with Crippen LogP contribution in [0.4, 0.5) is 0 Å². The number of aromatic amines is 1. The van der Waals surface area contributed by atoms with E-state index in [4.69, 9.17) is 14.5 Å². The van der Waals surface area contributed by atoms with E-state index in [9.17, 15) is 9.59 Å². The number of carbonyl (C=O) groups excluding carboxylic acids is 1. The molecule has 0 bridgehead atoms. The van der Waals surface area contributed by atoms with Gasteiger partial charge >= 0.3 is 5.97 Å². The number of H-pyrrole nitrogens is 1. The Morgan fingerprint density at radius 1 is 1.26 bits per heavy atom. The van der Waals surface area contributed by atoms with Crippen molar-refractivity contribution in [2.45, 2.75) is 25.7 Å². The minimum absolute atomic E-state index is 0.123. The molecule has 0 spiro atoms. The lowest BCUT2D eigenvalue weighted by Crippen LogP contribution is -2.11. The summed E-state index contributed by atoms with van der Waals surface area (Å²) in [6, 6.07) is 6.96. The summed E-state index contributed by atoms with van der Waals surface area (Å²) >= 11 is 6.38. The highest BCUT2D eigenvalue weighted by Crippen LogP contribution is 2.40. The molecule has 0 saturated heterocycles. The number of ether oxygens (including phenoxy) is 2. The number of nitrogens with zero attached hydrogens (tertiary/aromatic N) is 1. The number of methoxy groups -OCH3 is 1. The summed E-state index contributed by atoms with van der Waals surface area (Å²) < 4.78 is 11.6. The van der Waals surface area contributed by atoms with E-state index in [1.54, 1.807) is 35.6 Å². The highest BCUT2D eigenvalue weighted by atomic mass is 79.9. The summed E-state index contributed by atoms with van der Waals surface area (Å²) in [6.45, 7) is 0. The average Bonchev–Trinajstić information content (AvgIpc) is 3.42. The summed E-state index contributed by atoms with van der Waals surface area (Å²) in [7, 11) is 1.50. The molecule has 9 heteroatoms. The minimum atomic E-state index is -0.459. The minimum Gasteiger partial charge on any atom is -0.493 e. The highest BCUT2D eigenvalue weighted by Gasteiger charge is 2.22. The number of thiophene rings is 2. The number of halogens is 1. The largest absolute Gasteiger partial charge is 0.493 e. The zero-order valence-corrected chi connectivity index (χ0v) is 19.7. The van der Waals surface area contributed by atoms with Crippen LogP contribution in [0.2, 0.25) is 0 Å². The summed E-state index contributed by atoms with van der Waals surface area (Å²) in [5.74, 6) is 0.632. The predicted octanol–water partition coefficient (Wildman–Crippen LogP) is 5.58. The molecule has 1 aromatic carbocycles. The van der Waals surface area contributed by atoms with Gasteiger partial charge in [0.2, 0.25) is 0 Å². The van der Waals surface area contributed by atoms with Crippen LogP contribution >= 0.6 is 38.6 Å². The predicted molar refractivity (Wildman–Crippen MR) is 126 cm³/mol. The summed E-state index contributed by atoms with van der Waals surface area (Å²) in [5, 5.41) is 2.53. The first kappa shape index (κ1) is 20.4. The molecule has 5 rings (SSSR count). The number of aryl methyl sites for hydroxylation is 2. The fraction of sp³-hybridized carbons (Fsp3) is 0.227. The molecule has 1 aliphatic rings. The maximum atomic E-state index is 12.9. The molecule has 0 amide bonds. The first-order valence-corrected chi connectivity index (χ1v) is 12.2. The van der Waals surface area contributed by atoms with Gasteiger partial charge in [-0.2, -0.15) is 0 Å². The first-order chi connectivity index (χ1) is 15.0. The average molecular weight is 517 g/mol. The van der Waals surface area contributed by atoms with Crippen molar-refractivity contribution in [1.82, 2.24) is 9.97 Å². The van der Waals surface area contributed by atoms with Crippen molar-refractivity contribution in [3.8, 4) is 22.9 Å². The van der Waals surface area contributed by atoms with Gasteiger partial charge in [0, 0.05) is 10.4 Å². The van der Waals surface area contributed by atoms with Crippen LogP contribution in [0.1, 0.15) is 33.0 Å². The van der Waals surface area contributed by atoms with Crippen molar-refractivity contribution in [2.24, 2.45) is 0 Å². The van der Waals surface area contributed by atoms with E-state index in [0.29, 0.717) is 26.5 Å². The molecule has 4 aromatic rings. The molecule has 0 saturated carbocycles. The number of aromatic nitrogens is 2. The SMILES string of the molecule is COc1cc(-c2nc3sc4c(c3c(=O)[nH]2)CCCC4)cc(Br)c1OC(=O)c1cccs1. The van der Waals surface area contributed by atoms with Crippen molar-refractivity contribution in [2.75, 3.05) is 7.11 Å². The van der Waals surface area contributed by atoms with Crippen molar-refractivity contribution < 1.29 is 14.3 Å². The van der Waals surface area contributed by atoms with Crippen molar-refractivity contribution in [1.29, 1.82) is 0 Å². The fourth-order valence-corrected chi connectivity index (χ4v) is 6.18. The molecule has 0 atom stereocenters. The van der Waals surface area contributed by atoms with Crippen LogP contribution in [-0.2, 0) is 12.8 Å². The van der Waals surface area contributed by atoms with E-state index in [2.05, 4.69) is 20.9 Å². The molecule has 6 nitrogen and oxygen atoms in total. The number of esters is 1. The van der Waals surface area contributed by atoms with Crippen LogP contribution in [0.15, 0.2) is 38.9 Å². The number of hydrogen-bond donors (Lipinski definition) is 1. The Kier molecular flexibility index (Phi) is 5.41. The van der Waals surface area contributed by atoms with Crippen LogP contribution in [0.25, 0.3) is 21.6 Å². The van der Waals surface area contributed by atoms with Gasteiger partial charge in [-0.15, -0.1) is 22.7 Å². The lowest BCUT2D eigenvalue weighted by atomic mass is 9.97. The van der Waals surface area contributed by atoms with E-state index >= 15 is 0 Å². The molecule has 3 heterocycles. The Morgan fingerprint density at radius 3 is 2.87 bits per heavy atom. The smallest absolute Gasteiger partial charge is 0.353 e. The standard InChI is InChI=1S/C22H17BrN2O4S2/c1-28-14-10-11(9-13(23)18(14)29-22(27)16-7-4-8-30-16)19-24-20(26)17-12-5-2-3-6-15(12)31-21(17)25-19/h4,7-10H,2-3,5-6H2,1H3,(H,24,25,26). The maximum Gasteiger partial charge on any atom is 0.353 e. The van der Waals surface area contributed by atoms with E-state index in [0.717, 1.165) is 41.5 Å². The Balaban J connectivity index is 1.56. The van der Waals surface area contributed by atoms with Crippen molar-refractivity contribution in [3.05, 3.63) is 59.8 Å². The number of hydrogen-bond acceptors (Lipinski definition) is 7. The van der Waals surface area contributed by atoms with Gasteiger partial charge in [0.05, 0.1) is 17.0 Å². The maximum absolute atomic E-state index is 12.9. The first-order valence-electron chi connectivity index (χ1n) is 9.73. The fourth-order valence-electron chi connectivity index (χ4n) is 3.79. The van der Waals surface area contributed by atoms with Gasteiger partial charge in [-0.25, -0.2) is 9.78 Å². The van der Waals surface area contributed by atoms with E-state index in [-0.39, 0.29) is 11.3 Å². The lowest BCUT2D eigenvalue weighted by molar-refractivity contribution is 0.0733. The molecule has 0 fully saturated rings. The number of benzene rings is 1. The van der Waals surface area contributed by atoms with Gasteiger partial charge in [0.25, 0.3) is 5.56 Å². The summed E-state index contributed by atoms with van der Waals surface area (Å²) in [5.41, 5.74) is 1.69. The number of nitrogens with one attached hydrogen (secondary N) is 1. The number of carbonyl (C=O) groups is 1. The Labute approximate surface area is 194 Å². The number of fused-ring (bicyclic) bond motifs is 3. The Bertz CT molecular complexity index is 1360. The third-order valence-corrected chi connectivity index (χ3v) is 7.87. The molecule has 1 aliphatic carbocycles. The van der Waals surface area contributed by atoms with Crippen LogP contribution in [0.5, 0.6) is 11.5 Å². The second kappa shape index (κ2) is 8.22. The van der Waals surface area contributed by atoms with E-state index < -0.39 is 5.97 Å². The van der Waals surface area contributed by atoms with Crippen LogP contribution in [-0.4, -0.2) is 23.0 Å². The van der Waals surface area contributed by atoms with Gasteiger partial charge in [-0.05, 0) is 70.8 Å². The number of rotatable bonds is 4. The van der Waals surface area contributed by atoms with Crippen molar-refractivity contribution in [3.63, 3.8) is 0 Å². The van der Waals surface area contributed by atoms with Gasteiger partial charge in [-0.3, -0.25) is 4.79 Å². The monoisotopic (exact) mass is 516 g/mol. The van der Waals surface area contributed by atoms with Crippen LogP contribution in [0.3, 0.4) is 0 Å². The Morgan fingerprint density at radius 2 is 2.10 bits per heavy atom. The van der Waals surface area contributed by atoms with E-state index in [1.165, 1.54) is 23.3 Å². The molecule has 0 aliphatic heterocycles. The third kappa shape index (κ3) is 3.71. The third-order valence-electron chi connectivity index (χ3n) is 5.25. The highest BCUT2D eigenvalue weighted by molar-refractivity contribution is 9.10. The lowest BCUT2D eigenvalue weighted by Gasteiger charge is -2.13. The second-order valence-electron chi connectivity index (χ2n) is 7.16. The van der Waals surface area contributed by atoms with Crippen LogP contribution in [0, 0.1) is 0 Å². The molecular formula is C22H17BrN2O4S2. The molecule has 3 aromatic heterocycles. The molecule has 1 N–H and O–H groups in total.